The highest BCUT2D eigenvalue weighted by atomic mass is 32.2. The number of pyridine rings is 1. The van der Waals surface area contributed by atoms with Crippen molar-refractivity contribution in [1.29, 1.82) is 0 Å². The zero-order chi connectivity index (χ0) is 26.6. The van der Waals surface area contributed by atoms with E-state index in [9.17, 15) is 4.79 Å². The molecule has 2 aliphatic heterocycles. The van der Waals surface area contributed by atoms with Gasteiger partial charge in [-0.15, -0.1) is 10.2 Å². The highest BCUT2D eigenvalue weighted by Crippen LogP contribution is 2.59. The number of nitrogens with zero attached hydrogens (tertiary/aromatic N) is 6. The first-order valence-electron chi connectivity index (χ1n) is 14.0. The highest BCUT2D eigenvalue weighted by Gasteiger charge is 2.60. The molecule has 0 radical (unpaired) electrons. The van der Waals surface area contributed by atoms with Crippen molar-refractivity contribution >= 4 is 34.3 Å². The van der Waals surface area contributed by atoms with Crippen LogP contribution in [0.4, 0.5) is 5.69 Å². The maximum Gasteiger partial charge on any atom is 0.227 e. The molecule has 3 aliphatic rings. The average molecular weight is 539 g/mol. The second-order valence-electron chi connectivity index (χ2n) is 11.4. The van der Waals surface area contributed by atoms with Crippen LogP contribution < -0.4 is 4.90 Å². The summed E-state index contributed by atoms with van der Waals surface area (Å²) in [4.78, 5) is 21.3. The van der Waals surface area contributed by atoms with E-state index in [2.05, 4.69) is 80.2 Å². The summed E-state index contributed by atoms with van der Waals surface area (Å²) >= 11 is 1.79. The second kappa shape index (κ2) is 9.75. The molecular weight excluding hydrogens is 504 g/mol. The molecule has 0 N–H and O–H groups in total. The van der Waals surface area contributed by atoms with E-state index in [0.29, 0.717) is 11.8 Å². The number of aryl methyl sites for hydroxylation is 1. The third-order valence-corrected chi connectivity index (χ3v) is 9.95. The first-order chi connectivity index (χ1) is 19.0. The molecule has 3 fully saturated rings. The molecule has 2 atom stereocenters. The first-order valence-corrected chi connectivity index (χ1v) is 15.0. The number of anilines is 1. The van der Waals surface area contributed by atoms with E-state index in [4.69, 9.17) is 0 Å². The Bertz CT molecular complexity index is 1550. The van der Waals surface area contributed by atoms with Gasteiger partial charge in [-0.25, -0.2) is 0 Å². The van der Waals surface area contributed by atoms with Crippen molar-refractivity contribution in [2.45, 2.75) is 43.2 Å². The lowest BCUT2D eigenvalue weighted by molar-refractivity contribution is -0.117. The van der Waals surface area contributed by atoms with Gasteiger partial charge in [-0.3, -0.25) is 9.78 Å². The third kappa shape index (κ3) is 4.43. The standard InChI is InChI=1S/C31H34N6OS/c1-21-9-14-25-26(6-3-7-27(25)32-21)29-33-34-30(35(29)2)39-17-5-15-36-19-23-18-31(23,20-36)22-10-12-24(13-11-22)37-16-4-8-28(37)38/h3,6-7,9-14,23H,4-5,8,15-20H2,1-2H3/t23-,31-/m0/s1. The Hall–Kier alpha value is -3.23. The SMILES string of the molecule is Cc1ccc2c(-c3nnc(SCCCN4C[C@@H]5C[C@@]5(c5ccc(N6CCCC6=O)cc5)C4)n3C)cccc2n1. The predicted octanol–water partition coefficient (Wildman–Crippen LogP) is 5.22. The number of carbonyl (C=O) groups excluding carboxylic acids is 1. The first kappa shape index (κ1) is 24.8. The van der Waals surface area contributed by atoms with Gasteiger partial charge in [-0.2, -0.15) is 0 Å². The van der Waals surface area contributed by atoms with Crippen molar-refractivity contribution < 1.29 is 4.79 Å². The van der Waals surface area contributed by atoms with Crippen LogP contribution in [0.15, 0.2) is 59.8 Å². The lowest BCUT2D eigenvalue weighted by Crippen LogP contribution is -2.28. The zero-order valence-corrected chi connectivity index (χ0v) is 23.5. The van der Waals surface area contributed by atoms with Gasteiger partial charge in [0.1, 0.15) is 0 Å². The normalized spacial score (nSPS) is 22.7. The van der Waals surface area contributed by atoms with Crippen molar-refractivity contribution in [3.05, 3.63) is 65.9 Å². The largest absolute Gasteiger partial charge is 0.312 e. The molecule has 2 aromatic carbocycles. The Labute approximate surface area is 233 Å². The number of likely N-dealkylation sites (tertiary alicyclic amines) is 1. The number of thioether (sulfide) groups is 1. The zero-order valence-electron chi connectivity index (χ0n) is 22.6. The number of piperidine rings is 1. The summed E-state index contributed by atoms with van der Waals surface area (Å²) < 4.78 is 2.11. The Morgan fingerprint density at radius 2 is 1.95 bits per heavy atom. The van der Waals surface area contributed by atoms with Crippen LogP contribution in [0.1, 0.15) is 36.9 Å². The van der Waals surface area contributed by atoms with Crippen LogP contribution in [-0.2, 0) is 17.3 Å². The van der Waals surface area contributed by atoms with Gasteiger partial charge in [0.05, 0.1) is 5.52 Å². The van der Waals surface area contributed by atoms with Crippen LogP contribution in [0.25, 0.3) is 22.3 Å². The van der Waals surface area contributed by atoms with E-state index in [1.54, 1.807) is 11.8 Å². The Morgan fingerprint density at radius 3 is 2.77 bits per heavy atom. The topological polar surface area (TPSA) is 67.2 Å². The minimum absolute atomic E-state index is 0.258. The fourth-order valence-electron chi connectivity index (χ4n) is 6.68. The highest BCUT2D eigenvalue weighted by molar-refractivity contribution is 7.99. The third-order valence-electron chi connectivity index (χ3n) is 8.84. The molecule has 0 unspecified atom stereocenters. The molecule has 1 saturated carbocycles. The van der Waals surface area contributed by atoms with Crippen LogP contribution in [0.5, 0.6) is 0 Å². The predicted molar refractivity (Wildman–Crippen MR) is 156 cm³/mol. The summed E-state index contributed by atoms with van der Waals surface area (Å²) in [5.74, 6) is 2.93. The van der Waals surface area contributed by atoms with E-state index in [-0.39, 0.29) is 5.91 Å². The summed E-state index contributed by atoms with van der Waals surface area (Å²) in [5.41, 5.74) is 5.91. The monoisotopic (exact) mass is 538 g/mol. The van der Waals surface area contributed by atoms with Crippen molar-refractivity contribution in [2.24, 2.45) is 13.0 Å². The fraction of sp³-hybridized carbons (Fsp3) is 0.419. The van der Waals surface area contributed by atoms with Gasteiger partial charge >= 0.3 is 0 Å². The molecule has 2 aromatic heterocycles. The van der Waals surface area contributed by atoms with Gasteiger partial charge in [0.15, 0.2) is 11.0 Å². The smallest absolute Gasteiger partial charge is 0.227 e. The number of aromatic nitrogens is 4. The van der Waals surface area contributed by atoms with Crippen molar-refractivity contribution in [3.8, 4) is 11.4 Å². The summed E-state index contributed by atoms with van der Waals surface area (Å²) in [6, 6.07) is 19.3. The number of hydrogen-bond acceptors (Lipinski definition) is 6. The Balaban J connectivity index is 0.942. The van der Waals surface area contributed by atoms with E-state index in [1.807, 2.05) is 17.9 Å². The molecular formula is C31H34N6OS. The molecule has 39 heavy (non-hydrogen) atoms. The molecule has 4 heterocycles. The second-order valence-corrected chi connectivity index (χ2v) is 12.4. The van der Waals surface area contributed by atoms with Crippen molar-refractivity contribution in [3.63, 3.8) is 0 Å². The average Bonchev–Trinajstić information content (AvgIpc) is 3.23. The fourth-order valence-corrected chi connectivity index (χ4v) is 7.51. The number of amides is 1. The molecule has 1 aliphatic carbocycles. The van der Waals surface area contributed by atoms with Crippen LogP contribution in [0.3, 0.4) is 0 Å². The lowest BCUT2D eigenvalue weighted by atomic mass is 9.94. The van der Waals surface area contributed by atoms with Gasteiger partial charge < -0.3 is 14.4 Å². The maximum absolute atomic E-state index is 12.1. The van der Waals surface area contributed by atoms with Crippen LogP contribution in [-0.4, -0.2) is 62.5 Å². The number of hydrogen-bond donors (Lipinski definition) is 0. The van der Waals surface area contributed by atoms with E-state index in [0.717, 1.165) is 83.0 Å². The number of carbonyl (C=O) groups is 1. The van der Waals surface area contributed by atoms with E-state index >= 15 is 0 Å². The van der Waals surface area contributed by atoms with Crippen LogP contribution in [0, 0.1) is 12.8 Å². The van der Waals surface area contributed by atoms with E-state index < -0.39 is 0 Å². The maximum atomic E-state index is 12.1. The summed E-state index contributed by atoms with van der Waals surface area (Å²) in [7, 11) is 2.06. The molecule has 2 saturated heterocycles. The molecule has 200 valence electrons. The van der Waals surface area contributed by atoms with Gasteiger partial charge in [-0.1, -0.05) is 42.1 Å². The number of rotatable bonds is 8. The summed E-state index contributed by atoms with van der Waals surface area (Å²) in [6.45, 7) is 6.33. The Kier molecular flexibility index (Phi) is 6.20. The van der Waals surface area contributed by atoms with Crippen molar-refractivity contribution in [1.82, 2.24) is 24.6 Å². The van der Waals surface area contributed by atoms with E-state index in [1.165, 1.54) is 18.5 Å². The molecule has 4 aromatic rings. The number of benzene rings is 2. The molecule has 0 bridgehead atoms. The Morgan fingerprint density at radius 1 is 1.08 bits per heavy atom. The van der Waals surface area contributed by atoms with Crippen molar-refractivity contribution in [2.75, 3.05) is 36.8 Å². The van der Waals surface area contributed by atoms with Gasteiger partial charge in [0, 0.05) is 66.6 Å². The molecule has 8 heteroatoms. The van der Waals surface area contributed by atoms with Gasteiger partial charge in [0.2, 0.25) is 5.91 Å². The number of fused-ring (bicyclic) bond motifs is 2. The van der Waals surface area contributed by atoms with Crippen LogP contribution >= 0.6 is 11.8 Å². The summed E-state index contributed by atoms with van der Waals surface area (Å²) in [5, 5.41) is 11.1. The minimum Gasteiger partial charge on any atom is -0.312 e. The lowest BCUT2D eigenvalue weighted by Gasteiger charge is -2.22. The van der Waals surface area contributed by atoms with Gasteiger partial charge in [0.25, 0.3) is 0 Å². The summed E-state index contributed by atoms with van der Waals surface area (Å²) in [6.07, 6.45) is 4.08. The van der Waals surface area contributed by atoms with Crippen LogP contribution in [0.2, 0.25) is 0 Å². The quantitative estimate of drug-likeness (QED) is 0.226. The van der Waals surface area contributed by atoms with Gasteiger partial charge in [-0.05, 0) is 68.5 Å². The molecule has 1 amide bonds. The minimum atomic E-state index is 0.258. The molecule has 0 spiro atoms. The molecule has 7 nitrogen and oxygen atoms in total. The molecule has 7 rings (SSSR count).